The van der Waals surface area contributed by atoms with E-state index in [0.29, 0.717) is 0 Å². The van der Waals surface area contributed by atoms with Crippen LogP contribution >= 0.6 is 0 Å². The minimum Gasteiger partial charge on any atom is -0.481 e. The van der Waals surface area contributed by atoms with Gasteiger partial charge < -0.3 is 15.8 Å². The molecule has 0 spiro atoms. The Morgan fingerprint density at radius 3 is 2.82 bits per heavy atom. The van der Waals surface area contributed by atoms with Gasteiger partial charge in [-0.2, -0.15) is 8.78 Å². The number of alkyl halides is 2. The van der Waals surface area contributed by atoms with Gasteiger partial charge in [0, 0.05) is 12.1 Å². The monoisotopic (exact) mass is 312 g/mol. The number of hydrogen-bond acceptors (Lipinski definition) is 3. The fourth-order valence-corrected chi connectivity index (χ4v) is 2.50. The number of aromatic nitrogens is 1. The molecule has 0 radical (unpaired) electrons. The molecule has 0 bridgehead atoms. The summed E-state index contributed by atoms with van der Waals surface area (Å²) in [5.41, 5.74) is 5.33. The summed E-state index contributed by atoms with van der Waals surface area (Å²) in [5.74, 6) is -2.98. The van der Waals surface area contributed by atoms with E-state index in [-0.39, 0.29) is 23.6 Å². The molecule has 22 heavy (non-hydrogen) atoms. The van der Waals surface area contributed by atoms with E-state index < -0.39 is 12.5 Å². The van der Waals surface area contributed by atoms with Gasteiger partial charge in [0.2, 0.25) is 5.88 Å². The van der Waals surface area contributed by atoms with Crippen LogP contribution in [0, 0.1) is 0 Å². The van der Waals surface area contributed by atoms with Crippen LogP contribution in [0.2, 0.25) is 0 Å². The second-order valence-corrected chi connectivity index (χ2v) is 5.45. The maximum Gasteiger partial charge on any atom is 0.309 e. The molecule has 3 N–H and O–H groups in total. The van der Waals surface area contributed by atoms with Crippen LogP contribution in [0.3, 0.4) is 0 Å². The molecule has 1 aliphatic carbocycles. The van der Waals surface area contributed by atoms with Gasteiger partial charge in [0.25, 0.3) is 0 Å². The molecule has 1 aliphatic rings. The predicted octanol–water partition coefficient (Wildman–Crippen LogP) is 2.42. The van der Waals surface area contributed by atoms with Crippen molar-refractivity contribution in [2.24, 2.45) is 10.7 Å². The van der Waals surface area contributed by atoms with Crippen molar-refractivity contribution in [2.75, 3.05) is 13.7 Å². The minimum absolute atomic E-state index is 0.0643. The minimum atomic E-state index is -3.19. The van der Waals surface area contributed by atoms with Gasteiger partial charge in [0.05, 0.1) is 7.11 Å². The second kappa shape index (κ2) is 7.38. The molecule has 0 aliphatic heterocycles. The quantitative estimate of drug-likeness (QED) is 0.647. The number of guanidine groups is 1. The van der Waals surface area contributed by atoms with Crippen LogP contribution in [0.4, 0.5) is 8.78 Å². The van der Waals surface area contributed by atoms with Gasteiger partial charge in [-0.1, -0.05) is 25.3 Å². The van der Waals surface area contributed by atoms with Crippen molar-refractivity contribution in [1.82, 2.24) is 10.3 Å². The standard InChI is InChI=1S/C15H22F2N4O/c1-22-13-9-5-8-12(21-13)15(16,17)10-19-14(18)20-11-6-3-2-4-7-11/h5,8-9,11H,2-4,6-7,10H2,1H3,(H3,18,19,20). The number of nitrogens with two attached hydrogens (primary N) is 1. The summed E-state index contributed by atoms with van der Waals surface area (Å²) in [6.07, 6.45) is 5.49. The molecule has 1 aromatic heterocycles. The molecule has 0 atom stereocenters. The Morgan fingerprint density at radius 1 is 1.41 bits per heavy atom. The largest absolute Gasteiger partial charge is 0.481 e. The van der Waals surface area contributed by atoms with Gasteiger partial charge in [0.1, 0.15) is 12.2 Å². The molecular weight excluding hydrogens is 290 g/mol. The van der Waals surface area contributed by atoms with Crippen molar-refractivity contribution in [3.05, 3.63) is 23.9 Å². The first-order valence-electron chi connectivity index (χ1n) is 7.47. The van der Waals surface area contributed by atoms with Crippen LogP contribution in [0.25, 0.3) is 0 Å². The van der Waals surface area contributed by atoms with E-state index in [1.807, 2.05) is 0 Å². The molecule has 0 amide bonds. The number of nitrogens with one attached hydrogen (secondary N) is 1. The van der Waals surface area contributed by atoms with Crippen LogP contribution in [0.1, 0.15) is 37.8 Å². The first-order valence-corrected chi connectivity index (χ1v) is 7.47. The Labute approximate surface area is 129 Å². The first kappa shape index (κ1) is 16.5. The lowest BCUT2D eigenvalue weighted by Gasteiger charge is -2.23. The third-order valence-electron chi connectivity index (χ3n) is 3.71. The van der Waals surface area contributed by atoms with E-state index >= 15 is 0 Å². The highest BCUT2D eigenvalue weighted by Gasteiger charge is 2.33. The van der Waals surface area contributed by atoms with E-state index in [0.717, 1.165) is 25.7 Å². The summed E-state index contributed by atoms with van der Waals surface area (Å²) in [5, 5.41) is 3.01. The zero-order chi connectivity index (χ0) is 16.0. The smallest absolute Gasteiger partial charge is 0.309 e. The Balaban J connectivity index is 1.96. The van der Waals surface area contributed by atoms with Gasteiger partial charge in [0.15, 0.2) is 5.96 Å². The Hall–Kier alpha value is -1.92. The fraction of sp³-hybridized carbons (Fsp3) is 0.600. The number of ether oxygens (including phenoxy) is 1. The van der Waals surface area contributed by atoms with E-state index in [2.05, 4.69) is 15.3 Å². The summed E-state index contributed by atoms with van der Waals surface area (Å²) in [6.45, 7) is -0.737. The summed E-state index contributed by atoms with van der Waals surface area (Å²) in [6, 6.07) is 4.48. The lowest BCUT2D eigenvalue weighted by Crippen LogP contribution is -2.41. The predicted molar refractivity (Wildman–Crippen MR) is 81.2 cm³/mol. The molecule has 0 unspecified atom stereocenters. The van der Waals surface area contributed by atoms with Gasteiger partial charge >= 0.3 is 5.92 Å². The van der Waals surface area contributed by atoms with Crippen molar-refractivity contribution < 1.29 is 13.5 Å². The van der Waals surface area contributed by atoms with E-state index in [4.69, 9.17) is 10.5 Å². The van der Waals surface area contributed by atoms with Gasteiger partial charge in [-0.05, 0) is 18.9 Å². The molecule has 0 aromatic carbocycles. The third-order valence-corrected chi connectivity index (χ3v) is 3.71. The molecule has 5 nitrogen and oxygen atoms in total. The highest BCUT2D eigenvalue weighted by Crippen LogP contribution is 2.27. The van der Waals surface area contributed by atoms with E-state index in [1.54, 1.807) is 0 Å². The fourth-order valence-electron chi connectivity index (χ4n) is 2.50. The molecule has 0 saturated heterocycles. The Morgan fingerprint density at radius 2 is 2.14 bits per heavy atom. The summed E-state index contributed by atoms with van der Waals surface area (Å²) in [7, 11) is 1.38. The lowest BCUT2D eigenvalue weighted by atomic mass is 9.96. The number of hydrogen-bond donors (Lipinski definition) is 2. The van der Waals surface area contributed by atoms with Crippen molar-refractivity contribution in [1.29, 1.82) is 0 Å². The maximum absolute atomic E-state index is 14.1. The average molecular weight is 312 g/mol. The van der Waals surface area contributed by atoms with Crippen LogP contribution < -0.4 is 15.8 Å². The topological polar surface area (TPSA) is 72.5 Å². The number of methoxy groups -OCH3 is 1. The lowest BCUT2D eigenvalue weighted by molar-refractivity contribution is 0.00137. The van der Waals surface area contributed by atoms with Crippen molar-refractivity contribution >= 4 is 5.96 Å². The SMILES string of the molecule is COc1cccc(C(F)(F)CN=C(N)NC2CCCCC2)n1. The van der Waals surface area contributed by atoms with Crippen LogP contribution in [0.5, 0.6) is 5.88 Å². The highest BCUT2D eigenvalue weighted by atomic mass is 19.3. The van der Waals surface area contributed by atoms with E-state index in [1.165, 1.54) is 31.7 Å². The van der Waals surface area contributed by atoms with Gasteiger partial charge in [-0.3, -0.25) is 0 Å². The molecule has 1 aromatic rings. The summed E-state index contributed by atoms with van der Waals surface area (Å²) >= 11 is 0. The number of aliphatic imine (C=N–C) groups is 1. The molecule has 1 saturated carbocycles. The summed E-state index contributed by atoms with van der Waals surface area (Å²) in [4.78, 5) is 7.53. The number of halogens is 2. The Bertz CT molecular complexity index is 516. The average Bonchev–Trinajstić information content (AvgIpc) is 2.54. The van der Waals surface area contributed by atoms with E-state index in [9.17, 15) is 8.78 Å². The van der Waals surface area contributed by atoms with Gasteiger partial charge in [-0.25, -0.2) is 9.98 Å². The van der Waals surface area contributed by atoms with Crippen molar-refractivity contribution in [3.8, 4) is 5.88 Å². The maximum atomic E-state index is 14.1. The molecule has 1 heterocycles. The highest BCUT2D eigenvalue weighted by molar-refractivity contribution is 5.78. The third kappa shape index (κ3) is 4.54. The van der Waals surface area contributed by atoms with Crippen LogP contribution in [-0.2, 0) is 5.92 Å². The van der Waals surface area contributed by atoms with Crippen molar-refractivity contribution in [3.63, 3.8) is 0 Å². The number of nitrogens with zero attached hydrogens (tertiary/aromatic N) is 2. The molecule has 7 heteroatoms. The molecular formula is C15H22F2N4O. The molecule has 2 rings (SSSR count). The first-order chi connectivity index (χ1) is 10.5. The zero-order valence-corrected chi connectivity index (χ0v) is 12.7. The molecule has 1 fully saturated rings. The summed E-state index contributed by atoms with van der Waals surface area (Å²) < 4.78 is 33.1. The number of pyridine rings is 1. The molecule has 122 valence electrons. The van der Waals surface area contributed by atoms with Gasteiger partial charge in [-0.15, -0.1) is 0 Å². The zero-order valence-electron chi connectivity index (χ0n) is 12.7. The van der Waals surface area contributed by atoms with Crippen molar-refractivity contribution in [2.45, 2.75) is 44.1 Å². The Kier molecular flexibility index (Phi) is 5.51. The second-order valence-electron chi connectivity index (χ2n) is 5.45. The normalized spacial score (nSPS) is 17.3. The van der Waals surface area contributed by atoms with Crippen LogP contribution in [0.15, 0.2) is 23.2 Å². The number of rotatable bonds is 5. The van der Waals surface area contributed by atoms with Crippen LogP contribution in [-0.4, -0.2) is 30.6 Å².